The predicted octanol–water partition coefficient (Wildman–Crippen LogP) is 5.84. The van der Waals surface area contributed by atoms with Crippen molar-refractivity contribution in [3.05, 3.63) is 67.5 Å². The highest BCUT2D eigenvalue weighted by atomic mass is 127. The van der Waals surface area contributed by atoms with Crippen molar-refractivity contribution < 1.29 is 4.39 Å². The number of benzene rings is 2. The second kappa shape index (κ2) is 5.92. The third-order valence-corrected chi connectivity index (χ3v) is 5.74. The number of hydrogen-bond acceptors (Lipinski definition) is 0. The molecule has 0 aromatic heterocycles. The molecule has 0 fully saturated rings. The van der Waals surface area contributed by atoms with Crippen molar-refractivity contribution in [3.63, 3.8) is 0 Å². The third kappa shape index (κ3) is 3.02. The van der Waals surface area contributed by atoms with E-state index in [0.717, 1.165) is 5.56 Å². The van der Waals surface area contributed by atoms with Crippen molar-refractivity contribution >= 4 is 38.5 Å². The van der Waals surface area contributed by atoms with E-state index in [1.165, 1.54) is 14.7 Å². The molecule has 0 saturated carbocycles. The van der Waals surface area contributed by atoms with Gasteiger partial charge in [-0.05, 0) is 71.2 Å². The molecule has 0 aliphatic carbocycles. The first-order valence-electron chi connectivity index (χ1n) is 6.07. The number of halogens is 3. The summed E-state index contributed by atoms with van der Waals surface area (Å²) < 4.78 is 15.0. The van der Waals surface area contributed by atoms with Crippen molar-refractivity contribution in [1.82, 2.24) is 0 Å². The van der Waals surface area contributed by atoms with Gasteiger partial charge >= 0.3 is 0 Å². The molecule has 1 atom stereocenters. The molecule has 0 N–H and O–H groups in total. The molecule has 2 rings (SSSR count). The summed E-state index contributed by atoms with van der Waals surface area (Å²) in [6, 6.07) is 10.1. The lowest BCUT2D eigenvalue weighted by Gasteiger charge is -2.16. The normalized spacial score (nSPS) is 12.5. The van der Waals surface area contributed by atoms with Crippen molar-refractivity contribution in [3.8, 4) is 0 Å². The van der Waals surface area contributed by atoms with Crippen LogP contribution in [-0.2, 0) is 0 Å². The van der Waals surface area contributed by atoms with Gasteiger partial charge in [0, 0.05) is 3.57 Å². The summed E-state index contributed by atoms with van der Waals surface area (Å²) in [4.78, 5) is 0.0947. The molecule has 2 aromatic carbocycles. The molecule has 0 aliphatic heterocycles. The zero-order chi connectivity index (χ0) is 14.2. The van der Waals surface area contributed by atoms with E-state index >= 15 is 0 Å². The van der Waals surface area contributed by atoms with Gasteiger partial charge in [0.1, 0.15) is 5.82 Å². The largest absolute Gasteiger partial charge is 0.206 e. The zero-order valence-electron chi connectivity index (χ0n) is 11.1. The Bertz CT molecular complexity index is 599. The van der Waals surface area contributed by atoms with Gasteiger partial charge in [0.05, 0.1) is 4.83 Å². The molecule has 0 nitrogen and oxygen atoms in total. The maximum absolute atomic E-state index is 13.7. The number of aryl methyl sites for hydroxylation is 3. The topological polar surface area (TPSA) is 0 Å². The minimum Gasteiger partial charge on any atom is -0.206 e. The summed E-state index contributed by atoms with van der Waals surface area (Å²) in [5, 5.41) is 0. The second-order valence-corrected chi connectivity index (χ2v) is 6.80. The van der Waals surface area contributed by atoms with Gasteiger partial charge in [-0.2, -0.15) is 0 Å². The molecule has 100 valence electrons. The standard InChI is InChI=1S/C16H15BrFI/c1-9-5-4-6-13(16(9)19)14(17)12-7-10(2)15(18)11(3)8-12/h4-8,14H,1-3H3. The molecule has 0 amide bonds. The van der Waals surface area contributed by atoms with Gasteiger partial charge in [0.15, 0.2) is 0 Å². The highest BCUT2D eigenvalue weighted by molar-refractivity contribution is 14.1. The average molecular weight is 433 g/mol. The minimum absolute atomic E-state index is 0.0947. The number of rotatable bonds is 2. The Morgan fingerprint density at radius 1 is 1.05 bits per heavy atom. The molecule has 0 radical (unpaired) electrons. The molecule has 0 saturated heterocycles. The number of alkyl halides is 1. The Kier molecular flexibility index (Phi) is 4.66. The first-order valence-corrected chi connectivity index (χ1v) is 8.07. The van der Waals surface area contributed by atoms with Gasteiger partial charge in [-0.3, -0.25) is 0 Å². The van der Waals surface area contributed by atoms with Crippen LogP contribution in [0.2, 0.25) is 0 Å². The van der Waals surface area contributed by atoms with E-state index in [0.29, 0.717) is 11.1 Å². The van der Waals surface area contributed by atoms with Crippen LogP contribution in [0.1, 0.15) is 32.6 Å². The van der Waals surface area contributed by atoms with Crippen LogP contribution in [0.5, 0.6) is 0 Å². The van der Waals surface area contributed by atoms with Crippen LogP contribution in [0.15, 0.2) is 30.3 Å². The van der Waals surface area contributed by atoms with Crippen molar-refractivity contribution in [2.75, 3.05) is 0 Å². The highest BCUT2D eigenvalue weighted by Gasteiger charge is 2.16. The predicted molar refractivity (Wildman–Crippen MR) is 90.5 cm³/mol. The second-order valence-electron chi connectivity index (χ2n) is 4.81. The Morgan fingerprint density at radius 2 is 1.63 bits per heavy atom. The van der Waals surface area contributed by atoms with Gasteiger partial charge in [0.2, 0.25) is 0 Å². The Labute approximate surface area is 135 Å². The lowest BCUT2D eigenvalue weighted by atomic mass is 9.99. The van der Waals surface area contributed by atoms with E-state index in [1.54, 1.807) is 0 Å². The van der Waals surface area contributed by atoms with E-state index in [9.17, 15) is 4.39 Å². The average Bonchev–Trinajstić information content (AvgIpc) is 2.38. The van der Waals surface area contributed by atoms with E-state index in [1.807, 2.05) is 26.0 Å². The third-order valence-electron chi connectivity index (χ3n) is 3.25. The molecule has 3 heteroatoms. The van der Waals surface area contributed by atoms with Gasteiger partial charge in [-0.1, -0.05) is 46.3 Å². The van der Waals surface area contributed by atoms with Crippen LogP contribution in [0.4, 0.5) is 4.39 Å². The number of hydrogen-bond donors (Lipinski definition) is 0. The van der Waals surface area contributed by atoms with Crippen LogP contribution in [0, 0.1) is 30.2 Å². The first kappa shape index (κ1) is 15.0. The fourth-order valence-electron chi connectivity index (χ4n) is 2.17. The Morgan fingerprint density at radius 3 is 2.21 bits per heavy atom. The molecule has 0 aliphatic rings. The van der Waals surface area contributed by atoms with Crippen LogP contribution in [0.3, 0.4) is 0 Å². The minimum atomic E-state index is -0.109. The van der Waals surface area contributed by atoms with Gasteiger partial charge in [-0.25, -0.2) is 4.39 Å². The summed E-state index contributed by atoms with van der Waals surface area (Å²) in [6.45, 7) is 5.73. The van der Waals surface area contributed by atoms with Crippen LogP contribution < -0.4 is 0 Å². The van der Waals surface area contributed by atoms with E-state index in [2.05, 4.69) is 63.6 Å². The lowest BCUT2D eigenvalue weighted by Crippen LogP contribution is -2.00. The monoisotopic (exact) mass is 432 g/mol. The zero-order valence-corrected chi connectivity index (χ0v) is 14.8. The van der Waals surface area contributed by atoms with Crippen LogP contribution >= 0.6 is 38.5 Å². The molecule has 19 heavy (non-hydrogen) atoms. The van der Waals surface area contributed by atoms with Crippen molar-refractivity contribution in [2.45, 2.75) is 25.6 Å². The maximum Gasteiger partial charge on any atom is 0.129 e. The van der Waals surface area contributed by atoms with Gasteiger partial charge in [0.25, 0.3) is 0 Å². The Balaban J connectivity index is 2.50. The maximum atomic E-state index is 13.7. The summed E-state index contributed by atoms with van der Waals surface area (Å²) >= 11 is 6.11. The van der Waals surface area contributed by atoms with Gasteiger partial charge < -0.3 is 0 Å². The highest BCUT2D eigenvalue weighted by Crippen LogP contribution is 2.36. The van der Waals surface area contributed by atoms with E-state index in [-0.39, 0.29) is 10.6 Å². The van der Waals surface area contributed by atoms with E-state index in [4.69, 9.17) is 0 Å². The summed E-state index contributed by atoms with van der Waals surface area (Å²) in [5.74, 6) is -0.109. The smallest absolute Gasteiger partial charge is 0.129 e. The molecule has 0 heterocycles. The molecule has 0 spiro atoms. The quantitative estimate of drug-likeness (QED) is 0.413. The fourth-order valence-corrected chi connectivity index (χ4v) is 3.92. The van der Waals surface area contributed by atoms with Crippen LogP contribution in [-0.4, -0.2) is 0 Å². The molecular formula is C16H15BrFI. The molecule has 2 aromatic rings. The fraction of sp³-hybridized carbons (Fsp3) is 0.250. The first-order chi connectivity index (χ1) is 8.91. The SMILES string of the molecule is Cc1cc(C(Br)c2cccc(C)c2I)cc(C)c1F. The summed E-state index contributed by atoms with van der Waals surface area (Å²) in [7, 11) is 0. The Hall–Kier alpha value is -0.420. The summed E-state index contributed by atoms with van der Waals surface area (Å²) in [6.07, 6.45) is 0. The van der Waals surface area contributed by atoms with Crippen LogP contribution in [0.25, 0.3) is 0 Å². The van der Waals surface area contributed by atoms with Crippen molar-refractivity contribution in [2.24, 2.45) is 0 Å². The molecule has 0 bridgehead atoms. The summed E-state index contributed by atoms with van der Waals surface area (Å²) in [5.41, 5.74) is 4.98. The van der Waals surface area contributed by atoms with Crippen molar-refractivity contribution in [1.29, 1.82) is 0 Å². The lowest BCUT2D eigenvalue weighted by molar-refractivity contribution is 0.608. The van der Waals surface area contributed by atoms with E-state index < -0.39 is 0 Å². The van der Waals surface area contributed by atoms with Gasteiger partial charge in [-0.15, -0.1) is 0 Å². The molecule has 1 unspecified atom stereocenters. The molecular weight excluding hydrogens is 418 g/mol.